The highest BCUT2D eigenvalue weighted by Crippen LogP contribution is 2.35. The molecule has 3 aromatic rings. The largest absolute Gasteiger partial charge is 0.494 e. The van der Waals surface area contributed by atoms with Crippen molar-refractivity contribution in [3.8, 4) is 5.75 Å². The monoisotopic (exact) mass is 450 g/mol. The van der Waals surface area contributed by atoms with E-state index in [2.05, 4.69) is 5.32 Å². The quantitative estimate of drug-likeness (QED) is 0.471. The summed E-state index contributed by atoms with van der Waals surface area (Å²) >= 11 is 6.00. The SMILES string of the molecule is CCCOc1cccc(NC2=C(c3ccc(Cl)cc3)C(=O)N(c3ccccc3F)C2=O)c1. The molecule has 5 nitrogen and oxygen atoms in total. The molecule has 0 aliphatic carbocycles. The molecule has 4 rings (SSSR count). The van der Waals surface area contributed by atoms with E-state index in [4.69, 9.17) is 16.3 Å². The zero-order valence-electron chi connectivity index (χ0n) is 17.3. The summed E-state index contributed by atoms with van der Waals surface area (Å²) in [6.07, 6.45) is 0.855. The van der Waals surface area contributed by atoms with Crippen molar-refractivity contribution in [1.82, 2.24) is 0 Å². The second kappa shape index (κ2) is 9.24. The van der Waals surface area contributed by atoms with E-state index in [-0.39, 0.29) is 17.0 Å². The Balaban J connectivity index is 1.78. The number of hydrogen-bond acceptors (Lipinski definition) is 4. The number of para-hydroxylation sites is 1. The molecule has 7 heteroatoms. The third-order valence-corrected chi connectivity index (χ3v) is 5.14. The van der Waals surface area contributed by atoms with Gasteiger partial charge in [-0.05, 0) is 48.4 Å². The number of nitrogens with one attached hydrogen (secondary N) is 1. The number of rotatable bonds is 7. The number of imide groups is 1. The molecule has 1 N–H and O–H groups in total. The first-order valence-corrected chi connectivity index (χ1v) is 10.5. The lowest BCUT2D eigenvalue weighted by atomic mass is 10.0. The Morgan fingerprint density at radius 1 is 0.969 bits per heavy atom. The number of carbonyl (C=O) groups excluding carboxylic acids is 2. The highest BCUT2D eigenvalue weighted by atomic mass is 35.5. The van der Waals surface area contributed by atoms with Crippen LogP contribution in [0.15, 0.2) is 78.5 Å². The van der Waals surface area contributed by atoms with Crippen LogP contribution in [0.25, 0.3) is 5.57 Å². The first-order chi connectivity index (χ1) is 15.5. The Labute approximate surface area is 190 Å². The molecule has 0 saturated carbocycles. The first kappa shape index (κ1) is 21.6. The molecule has 3 aromatic carbocycles. The van der Waals surface area contributed by atoms with Crippen LogP contribution in [0.3, 0.4) is 0 Å². The van der Waals surface area contributed by atoms with Crippen molar-refractivity contribution in [2.75, 3.05) is 16.8 Å². The zero-order chi connectivity index (χ0) is 22.7. The fraction of sp³-hybridized carbons (Fsp3) is 0.120. The Morgan fingerprint density at radius 2 is 1.72 bits per heavy atom. The molecular formula is C25H20ClFN2O3. The summed E-state index contributed by atoms with van der Waals surface area (Å²) in [6.45, 7) is 2.56. The second-order valence-electron chi connectivity index (χ2n) is 7.16. The van der Waals surface area contributed by atoms with E-state index in [1.165, 1.54) is 18.2 Å². The smallest absolute Gasteiger partial charge is 0.282 e. The van der Waals surface area contributed by atoms with Gasteiger partial charge < -0.3 is 10.1 Å². The molecule has 1 heterocycles. The van der Waals surface area contributed by atoms with Crippen LogP contribution < -0.4 is 15.0 Å². The van der Waals surface area contributed by atoms with Gasteiger partial charge in [-0.1, -0.05) is 48.9 Å². The van der Waals surface area contributed by atoms with Gasteiger partial charge in [0.05, 0.1) is 17.9 Å². The van der Waals surface area contributed by atoms with Crippen LogP contribution in [0.5, 0.6) is 5.75 Å². The molecule has 162 valence electrons. The van der Waals surface area contributed by atoms with Crippen molar-refractivity contribution in [1.29, 1.82) is 0 Å². The maximum Gasteiger partial charge on any atom is 0.282 e. The minimum atomic E-state index is -0.666. The Morgan fingerprint density at radius 3 is 2.44 bits per heavy atom. The summed E-state index contributed by atoms with van der Waals surface area (Å²) < 4.78 is 20.1. The molecule has 0 spiro atoms. The summed E-state index contributed by atoms with van der Waals surface area (Å²) in [7, 11) is 0. The topological polar surface area (TPSA) is 58.6 Å². The van der Waals surface area contributed by atoms with E-state index in [9.17, 15) is 14.0 Å². The predicted octanol–water partition coefficient (Wildman–Crippen LogP) is 5.66. The van der Waals surface area contributed by atoms with E-state index in [1.807, 2.05) is 13.0 Å². The van der Waals surface area contributed by atoms with Crippen LogP contribution in [0.2, 0.25) is 5.02 Å². The van der Waals surface area contributed by atoms with Crippen LogP contribution >= 0.6 is 11.6 Å². The molecule has 1 aliphatic heterocycles. The lowest BCUT2D eigenvalue weighted by Crippen LogP contribution is -2.33. The highest BCUT2D eigenvalue weighted by Gasteiger charge is 2.41. The highest BCUT2D eigenvalue weighted by molar-refractivity contribution is 6.46. The molecule has 0 atom stereocenters. The average Bonchev–Trinajstić information content (AvgIpc) is 3.03. The van der Waals surface area contributed by atoms with Gasteiger partial charge in [-0.2, -0.15) is 0 Å². The van der Waals surface area contributed by atoms with Crippen molar-refractivity contribution in [2.45, 2.75) is 13.3 Å². The van der Waals surface area contributed by atoms with Gasteiger partial charge >= 0.3 is 0 Å². The minimum absolute atomic E-state index is 0.0493. The minimum Gasteiger partial charge on any atom is -0.494 e. The fourth-order valence-corrected chi connectivity index (χ4v) is 3.54. The molecule has 0 saturated heterocycles. The van der Waals surface area contributed by atoms with Gasteiger partial charge in [0.15, 0.2) is 0 Å². The number of anilines is 2. The number of halogens is 2. The zero-order valence-corrected chi connectivity index (χ0v) is 18.0. The number of hydrogen-bond donors (Lipinski definition) is 1. The van der Waals surface area contributed by atoms with Crippen molar-refractivity contribution < 1.29 is 18.7 Å². The Hall–Kier alpha value is -3.64. The summed E-state index contributed by atoms with van der Waals surface area (Å²) in [4.78, 5) is 27.5. The van der Waals surface area contributed by atoms with Gasteiger partial charge in [-0.25, -0.2) is 9.29 Å². The maximum atomic E-state index is 14.5. The predicted molar refractivity (Wildman–Crippen MR) is 123 cm³/mol. The van der Waals surface area contributed by atoms with E-state index in [0.717, 1.165) is 11.3 Å². The molecule has 0 fully saturated rings. The van der Waals surface area contributed by atoms with Gasteiger partial charge in [0, 0.05) is 16.8 Å². The third-order valence-electron chi connectivity index (χ3n) is 4.89. The Bertz CT molecular complexity index is 1210. The van der Waals surface area contributed by atoms with Crippen LogP contribution in [0, 0.1) is 5.82 Å². The fourth-order valence-electron chi connectivity index (χ4n) is 3.41. The molecule has 32 heavy (non-hydrogen) atoms. The van der Waals surface area contributed by atoms with Gasteiger partial charge in [-0.15, -0.1) is 0 Å². The van der Waals surface area contributed by atoms with E-state index < -0.39 is 17.6 Å². The maximum absolute atomic E-state index is 14.5. The van der Waals surface area contributed by atoms with E-state index in [1.54, 1.807) is 48.5 Å². The normalized spacial score (nSPS) is 13.7. The summed E-state index contributed by atoms with van der Waals surface area (Å²) in [5.41, 5.74) is 1.14. The number of amides is 2. The molecule has 0 aromatic heterocycles. The summed E-state index contributed by atoms with van der Waals surface area (Å²) in [6, 6.07) is 19.3. The summed E-state index contributed by atoms with van der Waals surface area (Å²) in [5.74, 6) is -1.30. The second-order valence-corrected chi connectivity index (χ2v) is 7.59. The molecule has 1 aliphatic rings. The molecule has 0 bridgehead atoms. The van der Waals surface area contributed by atoms with E-state index >= 15 is 0 Å². The van der Waals surface area contributed by atoms with Crippen molar-refractivity contribution in [3.05, 3.63) is 94.9 Å². The van der Waals surface area contributed by atoms with Crippen LogP contribution in [0.1, 0.15) is 18.9 Å². The van der Waals surface area contributed by atoms with Crippen molar-refractivity contribution >= 4 is 40.4 Å². The standard InChI is InChI=1S/C25H20ClFN2O3/c1-2-14-32-19-7-5-6-18(15-19)28-23-22(16-10-12-17(26)13-11-16)24(30)29(25(23)31)21-9-4-3-8-20(21)27/h3-13,15,28H,2,14H2,1H3. The summed E-state index contributed by atoms with van der Waals surface area (Å²) in [5, 5.41) is 3.55. The van der Waals surface area contributed by atoms with Gasteiger partial charge in [0.1, 0.15) is 17.3 Å². The van der Waals surface area contributed by atoms with Crippen molar-refractivity contribution in [3.63, 3.8) is 0 Å². The van der Waals surface area contributed by atoms with Crippen LogP contribution in [0.4, 0.5) is 15.8 Å². The van der Waals surface area contributed by atoms with Gasteiger partial charge in [0.2, 0.25) is 0 Å². The number of nitrogens with zero attached hydrogens (tertiary/aromatic N) is 1. The third kappa shape index (κ3) is 4.22. The lowest BCUT2D eigenvalue weighted by Gasteiger charge is -2.16. The van der Waals surface area contributed by atoms with Crippen LogP contribution in [-0.4, -0.2) is 18.4 Å². The number of benzene rings is 3. The van der Waals surface area contributed by atoms with Crippen LogP contribution in [-0.2, 0) is 9.59 Å². The molecule has 0 unspecified atom stereocenters. The lowest BCUT2D eigenvalue weighted by molar-refractivity contribution is -0.120. The first-order valence-electron chi connectivity index (χ1n) is 10.1. The van der Waals surface area contributed by atoms with E-state index in [0.29, 0.717) is 28.6 Å². The molecule has 2 amide bonds. The van der Waals surface area contributed by atoms with Gasteiger partial charge in [-0.3, -0.25) is 9.59 Å². The number of carbonyl (C=O) groups is 2. The Kier molecular flexibility index (Phi) is 6.23. The average molecular weight is 451 g/mol. The molecular weight excluding hydrogens is 431 g/mol. The number of ether oxygens (including phenoxy) is 1. The van der Waals surface area contributed by atoms with Crippen molar-refractivity contribution in [2.24, 2.45) is 0 Å². The molecule has 0 radical (unpaired) electrons. The van der Waals surface area contributed by atoms with Gasteiger partial charge in [0.25, 0.3) is 11.8 Å².